The second-order valence-corrected chi connectivity index (χ2v) is 6.01. The third kappa shape index (κ3) is 7.89. The van der Waals surface area contributed by atoms with Gasteiger partial charge in [-0.3, -0.25) is 24.1 Å². The van der Waals surface area contributed by atoms with E-state index in [0.29, 0.717) is 25.9 Å². The lowest BCUT2D eigenvalue weighted by Gasteiger charge is -2.14. The fraction of sp³-hybridized carbons (Fsp3) is 0.647. The number of carbonyl (C=O) groups excluding carboxylic acids is 4. The van der Waals surface area contributed by atoms with E-state index < -0.39 is 0 Å². The molecule has 0 aromatic carbocycles. The Labute approximate surface area is 142 Å². The summed E-state index contributed by atoms with van der Waals surface area (Å²) in [7, 11) is 0. The third-order valence-corrected chi connectivity index (χ3v) is 3.89. The summed E-state index contributed by atoms with van der Waals surface area (Å²) in [6, 6.07) is 0.102. The van der Waals surface area contributed by atoms with E-state index in [2.05, 4.69) is 10.6 Å². The highest BCUT2D eigenvalue weighted by atomic mass is 16.2. The highest BCUT2D eigenvalue weighted by Gasteiger charge is 2.22. The average Bonchev–Trinajstić information content (AvgIpc) is 2.86. The van der Waals surface area contributed by atoms with Crippen LogP contribution in [0.5, 0.6) is 0 Å². The molecule has 1 unspecified atom stereocenters. The average molecular weight is 337 g/mol. The van der Waals surface area contributed by atoms with Crippen molar-refractivity contribution in [3.05, 3.63) is 12.2 Å². The molecule has 1 atom stereocenters. The Bertz CT molecular complexity index is 458. The van der Waals surface area contributed by atoms with Gasteiger partial charge in [0.25, 0.3) is 11.8 Å². The molecule has 1 aliphatic rings. The van der Waals surface area contributed by atoms with E-state index in [-0.39, 0.29) is 23.8 Å². The van der Waals surface area contributed by atoms with Gasteiger partial charge in [0.15, 0.2) is 0 Å². The first-order chi connectivity index (χ1) is 11.5. The van der Waals surface area contributed by atoms with E-state index in [0.717, 1.165) is 38.5 Å². The van der Waals surface area contributed by atoms with Crippen LogP contribution < -0.4 is 10.6 Å². The van der Waals surface area contributed by atoms with Gasteiger partial charge in [0, 0.05) is 37.7 Å². The van der Waals surface area contributed by atoms with Gasteiger partial charge in [0.05, 0.1) is 0 Å². The molecule has 0 saturated heterocycles. The van der Waals surface area contributed by atoms with E-state index in [1.54, 1.807) is 0 Å². The number of hydrogen-bond acceptors (Lipinski definition) is 4. The van der Waals surface area contributed by atoms with Crippen LogP contribution >= 0.6 is 0 Å². The minimum absolute atomic E-state index is 0.0416. The van der Waals surface area contributed by atoms with Crippen molar-refractivity contribution in [3.8, 4) is 0 Å². The zero-order valence-electron chi connectivity index (χ0n) is 14.3. The minimum Gasteiger partial charge on any atom is -0.359 e. The highest BCUT2D eigenvalue weighted by molar-refractivity contribution is 6.12. The smallest absolute Gasteiger partial charge is 0.253 e. The maximum absolute atomic E-state index is 11.8. The number of hydrogen-bond donors (Lipinski definition) is 2. The molecule has 7 heteroatoms. The number of nitrogens with one attached hydrogen (secondary N) is 2. The lowest BCUT2D eigenvalue weighted by molar-refractivity contribution is -0.136. The summed E-state index contributed by atoms with van der Waals surface area (Å²) in [5.74, 6) is -0.437. The van der Waals surface area contributed by atoms with Crippen LogP contribution in [0.1, 0.15) is 51.9 Å². The van der Waals surface area contributed by atoms with Gasteiger partial charge in [-0.15, -0.1) is 0 Å². The fourth-order valence-electron chi connectivity index (χ4n) is 2.55. The van der Waals surface area contributed by atoms with Gasteiger partial charge in [0.1, 0.15) is 0 Å². The summed E-state index contributed by atoms with van der Waals surface area (Å²) in [5.41, 5.74) is 0. The first kappa shape index (κ1) is 19.9. The number of carbonyl (C=O) groups is 4. The van der Waals surface area contributed by atoms with Crippen LogP contribution in [-0.4, -0.2) is 48.2 Å². The minimum atomic E-state index is -0.239. The van der Waals surface area contributed by atoms with Crippen molar-refractivity contribution in [2.24, 2.45) is 0 Å². The van der Waals surface area contributed by atoms with Crippen molar-refractivity contribution in [3.63, 3.8) is 0 Å². The SMILES string of the molecule is CC(CCCNC=O)NC(=O)CCCCCCN1C(=O)C=CC1=O. The van der Waals surface area contributed by atoms with E-state index in [1.165, 1.54) is 17.1 Å². The third-order valence-electron chi connectivity index (χ3n) is 3.89. The van der Waals surface area contributed by atoms with Crippen LogP contribution in [0, 0.1) is 0 Å². The molecule has 134 valence electrons. The second kappa shape index (κ2) is 11.4. The largest absolute Gasteiger partial charge is 0.359 e. The van der Waals surface area contributed by atoms with Gasteiger partial charge in [-0.05, 0) is 32.6 Å². The zero-order chi connectivity index (χ0) is 17.8. The van der Waals surface area contributed by atoms with Gasteiger partial charge in [-0.2, -0.15) is 0 Å². The van der Waals surface area contributed by atoms with Crippen LogP contribution in [0.2, 0.25) is 0 Å². The Morgan fingerprint density at radius 3 is 2.46 bits per heavy atom. The topological polar surface area (TPSA) is 95.6 Å². The predicted octanol–water partition coefficient (Wildman–Crippen LogP) is 0.893. The van der Waals surface area contributed by atoms with Crippen LogP contribution in [0.3, 0.4) is 0 Å². The summed E-state index contributed by atoms with van der Waals surface area (Å²) in [6.45, 7) is 3.03. The number of unbranched alkanes of at least 4 members (excludes halogenated alkanes) is 3. The Kier molecular flexibility index (Phi) is 9.41. The summed E-state index contributed by atoms with van der Waals surface area (Å²) in [5, 5.41) is 5.54. The summed E-state index contributed by atoms with van der Waals surface area (Å²) in [4.78, 5) is 45.8. The molecule has 1 rings (SSSR count). The van der Waals surface area contributed by atoms with E-state index in [1.807, 2.05) is 6.92 Å². The lowest BCUT2D eigenvalue weighted by Crippen LogP contribution is -2.33. The zero-order valence-corrected chi connectivity index (χ0v) is 14.3. The number of rotatable bonds is 13. The summed E-state index contributed by atoms with van der Waals surface area (Å²) in [6.07, 6.45) is 8.76. The van der Waals surface area contributed by atoms with Crippen molar-refractivity contribution in [1.82, 2.24) is 15.5 Å². The van der Waals surface area contributed by atoms with Crippen LogP contribution in [0.25, 0.3) is 0 Å². The van der Waals surface area contributed by atoms with Gasteiger partial charge in [-0.25, -0.2) is 0 Å². The Hall–Kier alpha value is -2.18. The molecule has 0 radical (unpaired) electrons. The maximum atomic E-state index is 11.8. The molecule has 0 spiro atoms. The molecule has 4 amide bonds. The molecule has 0 saturated carbocycles. The van der Waals surface area contributed by atoms with Crippen molar-refractivity contribution in [2.75, 3.05) is 13.1 Å². The van der Waals surface area contributed by atoms with Crippen LogP contribution in [0.15, 0.2) is 12.2 Å². The fourth-order valence-corrected chi connectivity index (χ4v) is 2.55. The molecule has 24 heavy (non-hydrogen) atoms. The lowest BCUT2D eigenvalue weighted by atomic mass is 10.1. The first-order valence-corrected chi connectivity index (χ1v) is 8.54. The Balaban J connectivity index is 1.98. The summed E-state index contributed by atoms with van der Waals surface area (Å²) < 4.78 is 0. The molecule has 7 nitrogen and oxygen atoms in total. The monoisotopic (exact) mass is 337 g/mol. The van der Waals surface area contributed by atoms with Gasteiger partial charge in [-0.1, -0.05) is 12.8 Å². The van der Waals surface area contributed by atoms with Crippen molar-refractivity contribution in [1.29, 1.82) is 0 Å². The molecule has 0 bridgehead atoms. The van der Waals surface area contributed by atoms with Crippen molar-refractivity contribution >= 4 is 24.1 Å². The predicted molar refractivity (Wildman–Crippen MR) is 89.9 cm³/mol. The molecule has 0 aliphatic carbocycles. The van der Waals surface area contributed by atoms with Crippen LogP contribution in [0.4, 0.5) is 0 Å². The van der Waals surface area contributed by atoms with Crippen molar-refractivity contribution in [2.45, 2.75) is 57.9 Å². The van der Waals surface area contributed by atoms with Gasteiger partial charge in [0.2, 0.25) is 12.3 Å². The molecule has 1 heterocycles. The molecule has 1 aliphatic heterocycles. The van der Waals surface area contributed by atoms with Gasteiger partial charge >= 0.3 is 0 Å². The normalized spacial score (nSPS) is 14.8. The number of amides is 4. The Morgan fingerprint density at radius 2 is 1.79 bits per heavy atom. The molecule has 0 aromatic rings. The van der Waals surface area contributed by atoms with Gasteiger partial charge < -0.3 is 10.6 Å². The molecule has 0 fully saturated rings. The second-order valence-electron chi connectivity index (χ2n) is 6.01. The quantitative estimate of drug-likeness (QED) is 0.296. The molecular weight excluding hydrogens is 310 g/mol. The molecule has 2 N–H and O–H groups in total. The van der Waals surface area contributed by atoms with Crippen LogP contribution in [-0.2, 0) is 19.2 Å². The molecule has 0 aromatic heterocycles. The first-order valence-electron chi connectivity index (χ1n) is 8.54. The van der Waals surface area contributed by atoms with Crippen molar-refractivity contribution < 1.29 is 19.2 Å². The highest BCUT2D eigenvalue weighted by Crippen LogP contribution is 2.08. The Morgan fingerprint density at radius 1 is 1.12 bits per heavy atom. The molecular formula is C17H27N3O4. The number of nitrogens with zero attached hydrogens (tertiary/aromatic N) is 1. The van der Waals surface area contributed by atoms with E-state index >= 15 is 0 Å². The maximum Gasteiger partial charge on any atom is 0.253 e. The number of imide groups is 1. The standard InChI is InChI=1S/C17H27N3O4/c1-14(7-6-11-18-13-21)19-15(22)8-4-2-3-5-12-20-16(23)9-10-17(20)24/h9-10,13-14H,2-8,11-12H2,1H3,(H,18,21)(H,19,22). The van der Waals surface area contributed by atoms with E-state index in [4.69, 9.17) is 0 Å². The van der Waals surface area contributed by atoms with E-state index in [9.17, 15) is 19.2 Å². The summed E-state index contributed by atoms with van der Waals surface area (Å²) >= 11 is 0.